The second-order valence-corrected chi connectivity index (χ2v) is 6.72. The first-order valence-electron chi connectivity index (χ1n) is 8.75. The standard InChI is InChI=1S/C24H14N2/c1-4-15-5-2-8-20-22(15)19(7-1)21-12-17-14-26-11-9-18(17)23(24(20)21)16-6-3-10-25-13-16/h1-14H. The minimum absolute atomic E-state index is 1.14. The van der Waals surface area contributed by atoms with Crippen LogP contribution in [0, 0.1) is 0 Å². The van der Waals surface area contributed by atoms with Gasteiger partial charge < -0.3 is 0 Å². The molecular formula is C24H14N2. The Morgan fingerprint density at radius 3 is 2.27 bits per heavy atom. The minimum atomic E-state index is 1.14. The smallest absolute Gasteiger partial charge is 0.0346 e. The van der Waals surface area contributed by atoms with Crippen LogP contribution in [0.2, 0.25) is 0 Å². The van der Waals surface area contributed by atoms with Crippen LogP contribution in [0.25, 0.3) is 54.9 Å². The van der Waals surface area contributed by atoms with E-state index in [1.807, 2.05) is 30.9 Å². The third kappa shape index (κ3) is 1.71. The van der Waals surface area contributed by atoms with Crippen LogP contribution in [0.15, 0.2) is 85.5 Å². The molecule has 1 aliphatic carbocycles. The molecule has 0 amide bonds. The highest BCUT2D eigenvalue weighted by molar-refractivity contribution is 6.22. The number of hydrogen-bond donors (Lipinski definition) is 0. The third-order valence-electron chi connectivity index (χ3n) is 5.35. The topological polar surface area (TPSA) is 25.8 Å². The van der Waals surface area contributed by atoms with Crippen LogP contribution >= 0.6 is 0 Å². The van der Waals surface area contributed by atoms with Crippen molar-refractivity contribution in [3.63, 3.8) is 0 Å². The van der Waals surface area contributed by atoms with Gasteiger partial charge in [0.2, 0.25) is 0 Å². The molecule has 6 rings (SSSR count). The first-order chi connectivity index (χ1) is 12.9. The zero-order valence-corrected chi connectivity index (χ0v) is 14.0. The maximum atomic E-state index is 4.38. The Morgan fingerprint density at radius 2 is 1.42 bits per heavy atom. The molecule has 0 bridgehead atoms. The highest BCUT2D eigenvalue weighted by atomic mass is 14.6. The monoisotopic (exact) mass is 330 g/mol. The van der Waals surface area contributed by atoms with Crippen molar-refractivity contribution >= 4 is 21.5 Å². The lowest BCUT2D eigenvalue weighted by Crippen LogP contribution is -1.89. The Kier molecular flexibility index (Phi) is 2.64. The quantitative estimate of drug-likeness (QED) is 0.364. The summed E-state index contributed by atoms with van der Waals surface area (Å²) in [4.78, 5) is 8.73. The van der Waals surface area contributed by atoms with Crippen molar-refractivity contribution < 1.29 is 0 Å². The zero-order chi connectivity index (χ0) is 17.1. The molecule has 0 atom stereocenters. The van der Waals surface area contributed by atoms with Crippen molar-refractivity contribution in [3.05, 3.63) is 85.5 Å². The van der Waals surface area contributed by atoms with Gasteiger partial charge in [-0.3, -0.25) is 9.97 Å². The van der Waals surface area contributed by atoms with Gasteiger partial charge in [0.1, 0.15) is 0 Å². The Labute approximate surface area is 150 Å². The molecule has 0 saturated carbocycles. The van der Waals surface area contributed by atoms with Crippen LogP contribution in [-0.2, 0) is 0 Å². The second kappa shape index (κ2) is 4.99. The number of rotatable bonds is 1. The molecule has 26 heavy (non-hydrogen) atoms. The zero-order valence-electron chi connectivity index (χ0n) is 14.0. The summed E-state index contributed by atoms with van der Waals surface area (Å²) in [5.74, 6) is 0. The summed E-state index contributed by atoms with van der Waals surface area (Å²) >= 11 is 0. The van der Waals surface area contributed by atoms with Gasteiger partial charge in [0.15, 0.2) is 0 Å². The molecule has 120 valence electrons. The molecule has 3 aromatic carbocycles. The van der Waals surface area contributed by atoms with E-state index in [1.54, 1.807) is 0 Å². The first kappa shape index (κ1) is 13.7. The van der Waals surface area contributed by atoms with Crippen molar-refractivity contribution in [2.24, 2.45) is 0 Å². The van der Waals surface area contributed by atoms with E-state index in [1.165, 1.54) is 44.0 Å². The lowest BCUT2D eigenvalue weighted by atomic mass is 9.89. The average Bonchev–Trinajstić information content (AvgIpc) is 3.03. The van der Waals surface area contributed by atoms with Crippen LogP contribution in [0.5, 0.6) is 0 Å². The Balaban J connectivity index is 1.87. The average molecular weight is 330 g/mol. The number of benzene rings is 3. The third-order valence-corrected chi connectivity index (χ3v) is 5.35. The van der Waals surface area contributed by atoms with Crippen molar-refractivity contribution in [3.8, 4) is 33.4 Å². The summed E-state index contributed by atoms with van der Waals surface area (Å²) in [6.07, 6.45) is 7.61. The van der Waals surface area contributed by atoms with Gasteiger partial charge in [-0.2, -0.15) is 0 Å². The molecule has 2 nitrogen and oxygen atoms in total. The van der Waals surface area contributed by atoms with E-state index in [4.69, 9.17) is 0 Å². The van der Waals surface area contributed by atoms with Gasteiger partial charge >= 0.3 is 0 Å². The maximum absolute atomic E-state index is 4.38. The molecular weight excluding hydrogens is 316 g/mol. The molecule has 0 fully saturated rings. The summed E-state index contributed by atoms with van der Waals surface area (Å²) < 4.78 is 0. The first-order valence-corrected chi connectivity index (χ1v) is 8.75. The predicted molar refractivity (Wildman–Crippen MR) is 107 cm³/mol. The molecule has 0 aliphatic heterocycles. The summed E-state index contributed by atoms with van der Waals surface area (Å²) in [5, 5.41) is 5.01. The van der Waals surface area contributed by atoms with E-state index in [9.17, 15) is 0 Å². The fraction of sp³-hybridized carbons (Fsp3) is 0. The van der Waals surface area contributed by atoms with Gasteiger partial charge in [-0.05, 0) is 62.2 Å². The molecule has 1 aliphatic rings. The van der Waals surface area contributed by atoms with E-state index in [2.05, 4.69) is 64.6 Å². The normalized spacial score (nSPS) is 11.8. The molecule has 0 saturated heterocycles. The summed E-state index contributed by atoms with van der Waals surface area (Å²) in [5.41, 5.74) is 7.61. The number of fused-ring (bicyclic) bond motifs is 4. The number of pyridine rings is 2. The van der Waals surface area contributed by atoms with Crippen molar-refractivity contribution in [1.29, 1.82) is 0 Å². The summed E-state index contributed by atoms with van der Waals surface area (Å²) in [6, 6.07) is 21.7. The molecule has 0 radical (unpaired) electrons. The summed E-state index contributed by atoms with van der Waals surface area (Å²) in [6.45, 7) is 0. The van der Waals surface area contributed by atoms with E-state index in [0.29, 0.717) is 0 Å². The highest BCUT2D eigenvalue weighted by Crippen LogP contribution is 2.52. The van der Waals surface area contributed by atoms with Gasteiger partial charge in [0.25, 0.3) is 0 Å². The molecule has 0 N–H and O–H groups in total. The van der Waals surface area contributed by atoms with E-state index >= 15 is 0 Å². The lowest BCUT2D eigenvalue weighted by molar-refractivity contribution is 1.33. The van der Waals surface area contributed by atoms with Gasteiger partial charge in [-0.25, -0.2) is 0 Å². The SMILES string of the molecule is c1cncc(-c2c3c(cc4cnccc24)-c2cccc4cccc-3c24)c1. The van der Waals surface area contributed by atoms with Crippen LogP contribution in [-0.4, -0.2) is 9.97 Å². The largest absolute Gasteiger partial charge is 0.264 e. The second-order valence-electron chi connectivity index (χ2n) is 6.72. The lowest BCUT2D eigenvalue weighted by Gasteiger charge is -2.14. The van der Waals surface area contributed by atoms with E-state index < -0.39 is 0 Å². The van der Waals surface area contributed by atoms with Gasteiger partial charge in [0, 0.05) is 35.7 Å². The molecule has 2 heteroatoms. The van der Waals surface area contributed by atoms with Crippen LogP contribution in [0.3, 0.4) is 0 Å². The Bertz CT molecular complexity index is 1320. The van der Waals surface area contributed by atoms with Crippen molar-refractivity contribution in [2.45, 2.75) is 0 Å². The number of aromatic nitrogens is 2. The highest BCUT2D eigenvalue weighted by Gasteiger charge is 2.26. The molecule has 2 heterocycles. The Morgan fingerprint density at radius 1 is 0.577 bits per heavy atom. The van der Waals surface area contributed by atoms with Gasteiger partial charge in [-0.1, -0.05) is 42.5 Å². The van der Waals surface area contributed by atoms with Crippen LogP contribution < -0.4 is 0 Å². The maximum Gasteiger partial charge on any atom is 0.0346 e. The fourth-order valence-electron chi connectivity index (χ4n) is 4.32. The van der Waals surface area contributed by atoms with Gasteiger partial charge in [-0.15, -0.1) is 0 Å². The van der Waals surface area contributed by atoms with Crippen LogP contribution in [0.4, 0.5) is 0 Å². The number of nitrogens with zero attached hydrogens (tertiary/aromatic N) is 2. The molecule has 5 aromatic rings. The van der Waals surface area contributed by atoms with Gasteiger partial charge in [0.05, 0.1) is 0 Å². The fourth-order valence-corrected chi connectivity index (χ4v) is 4.32. The van der Waals surface area contributed by atoms with Crippen molar-refractivity contribution in [2.75, 3.05) is 0 Å². The minimum Gasteiger partial charge on any atom is -0.264 e. The van der Waals surface area contributed by atoms with E-state index in [0.717, 1.165) is 10.9 Å². The molecule has 0 spiro atoms. The van der Waals surface area contributed by atoms with Crippen molar-refractivity contribution in [1.82, 2.24) is 9.97 Å². The molecule has 0 unspecified atom stereocenters. The van der Waals surface area contributed by atoms with Crippen LogP contribution in [0.1, 0.15) is 0 Å². The molecule has 2 aromatic heterocycles. The Hall–Kier alpha value is -3.52. The predicted octanol–water partition coefficient (Wildman–Crippen LogP) is 6.10. The van der Waals surface area contributed by atoms with E-state index in [-0.39, 0.29) is 0 Å². The summed E-state index contributed by atoms with van der Waals surface area (Å²) in [7, 11) is 0. The number of hydrogen-bond acceptors (Lipinski definition) is 2.